The fourth-order valence-corrected chi connectivity index (χ4v) is 3.93. The Bertz CT molecular complexity index is 785. The summed E-state index contributed by atoms with van der Waals surface area (Å²) in [6.07, 6.45) is -1.74. The Balaban J connectivity index is 0.000000339. The third-order valence-corrected chi connectivity index (χ3v) is 5.49. The number of ether oxygens (including phenoxy) is 1. The number of nitrogens with zero attached hydrogens (tertiary/aromatic N) is 2. The fraction of sp³-hybridized carbons (Fsp3) is 0.600. The van der Waals surface area contributed by atoms with Crippen LogP contribution in [0, 0.1) is 11.7 Å². The number of aliphatic carboxylic acids is 1. The van der Waals surface area contributed by atoms with Gasteiger partial charge in [0, 0.05) is 25.3 Å². The predicted molar refractivity (Wildman–Crippen MR) is 101 cm³/mol. The van der Waals surface area contributed by atoms with E-state index >= 15 is 0 Å². The summed E-state index contributed by atoms with van der Waals surface area (Å²) in [6.45, 7) is 2.84. The van der Waals surface area contributed by atoms with Crippen molar-refractivity contribution in [2.45, 2.75) is 44.1 Å². The number of carbonyl (C=O) groups is 2. The summed E-state index contributed by atoms with van der Waals surface area (Å²) in [5.74, 6) is -2.63. The van der Waals surface area contributed by atoms with Crippen LogP contribution in [0.1, 0.15) is 25.7 Å². The molecule has 3 fully saturated rings. The van der Waals surface area contributed by atoms with Gasteiger partial charge >= 0.3 is 12.1 Å². The molecule has 7 nitrogen and oxygen atoms in total. The van der Waals surface area contributed by atoms with E-state index in [0.717, 1.165) is 37.9 Å². The monoisotopic (exact) mass is 448 g/mol. The molecule has 3 aliphatic heterocycles. The molecular weight excluding hydrogens is 424 g/mol. The van der Waals surface area contributed by atoms with Gasteiger partial charge in [0.15, 0.2) is 0 Å². The lowest BCUT2D eigenvalue weighted by atomic mass is 9.91. The molecule has 3 heterocycles. The number of hydrogen-bond donors (Lipinski definition) is 1. The number of alkyl halides is 3. The molecular formula is C20H24F4N2O5. The van der Waals surface area contributed by atoms with Crippen LogP contribution in [0.15, 0.2) is 24.3 Å². The number of carbonyl (C=O) groups excluding carboxylic acids is 1. The molecule has 0 bridgehead atoms. The van der Waals surface area contributed by atoms with Gasteiger partial charge in [0.05, 0.1) is 12.7 Å². The number of carboxylic acid groups (broad SMARTS) is 1. The summed E-state index contributed by atoms with van der Waals surface area (Å²) in [5.41, 5.74) is 0.881. The van der Waals surface area contributed by atoms with Crippen LogP contribution in [0.5, 0.6) is 0 Å². The van der Waals surface area contributed by atoms with Crippen LogP contribution in [0.4, 0.5) is 23.2 Å². The molecule has 3 atom stereocenters. The van der Waals surface area contributed by atoms with Crippen molar-refractivity contribution in [3.8, 4) is 0 Å². The van der Waals surface area contributed by atoms with E-state index in [4.69, 9.17) is 19.5 Å². The average Bonchev–Trinajstić information content (AvgIpc) is 3.17. The molecule has 0 spiro atoms. The van der Waals surface area contributed by atoms with E-state index in [0.29, 0.717) is 25.6 Å². The molecule has 1 N–H and O–H groups in total. The minimum atomic E-state index is -5.08. The smallest absolute Gasteiger partial charge is 0.475 e. The summed E-state index contributed by atoms with van der Waals surface area (Å²) in [5, 5.41) is 8.61. The van der Waals surface area contributed by atoms with Gasteiger partial charge in [-0.25, -0.2) is 14.2 Å². The molecule has 1 amide bonds. The van der Waals surface area contributed by atoms with Crippen molar-refractivity contribution < 1.29 is 41.8 Å². The highest BCUT2D eigenvalue weighted by atomic mass is 19.4. The maximum atomic E-state index is 13.4. The van der Waals surface area contributed by atoms with Gasteiger partial charge in [-0.2, -0.15) is 13.2 Å². The second kappa shape index (κ2) is 9.82. The number of amides is 1. The molecule has 0 saturated carbocycles. The number of fused-ring (bicyclic) bond motifs is 1. The second-order valence-corrected chi connectivity index (χ2v) is 7.66. The van der Waals surface area contributed by atoms with Crippen LogP contribution in [0.25, 0.3) is 0 Å². The highest BCUT2D eigenvalue weighted by Crippen LogP contribution is 2.36. The number of benzene rings is 1. The summed E-state index contributed by atoms with van der Waals surface area (Å²) in [7, 11) is 0. The number of hydroxylamine groups is 2. The van der Waals surface area contributed by atoms with Crippen LogP contribution in [0.2, 0.25) is 0 Å². The summed E-state index contributed by atoms with van der Waals surface area (Å²) < 4.78 is 51.2. The molecule has 172 valence electrons. The summed E-state index contributed by atoms with van der Waals surface area (Å²) in [4.78, 5) is 29.1. The van der Waals surface area contributed by atoms with Gasteiger partial charge in [0.2, 0.25) is 0 Å². The highest BCUT2D eigenvalue weighted by Gasteiger charge is 2.43. The number of halogens is 4. The first-order valence-corrected chi connectivity index (χ1v) is 10.1. The SMILES string of the molecule is O=C(O)C(F)(F)F.O=C([C@H]1C[C@@H]2CCN(c3cccc(F)c3)C[C@H]2O1)N1CCCCO1. The van der Waals surface area contributed by atoms with E-state index in [1.54, 1.807) is 12.1 Å². The van der Waals surface area contributed by atoms with Gasteiger partial charge in [-0.05, 0) is 49.8 Å². The van der Waals surface area contributed by atoms with Crippen molar-refractivity contribution in [1.82, 2.24) is 5.06 Å². The Labute approximate surface area is 176 Å². The molecule has 0 aromatic heterocycles. The Morgan fingerprint density at radius 3 is 2.52 bits per heavy atom. The molecule has 0 unspecified atom stereocenters. The van der Waals surface area contributed by atoms with Crippen molar-refractivity contribution in [3.05, 3.63) is 30.1 Å². The third kappa shape index (κ3) is 6.07. The van der Waals surface area contributed by atoms with Crippen molar-refractivity contribution in [2.75, 3.05) is 31.1 Å². The van der Waals surface area contributed by atoms with Gasteiger partial charge in [0.25, 0.3) is 5.91 Å². The van der Waals surface area contributed by atoms with Crippen molar-refractivity contribution in [1.29, 1.82) is 0 Å². The van der Waals surface area contributed by atoms with Crippen LogP contribution < -0.4 is 4.90 Å². The van der Waals surface area contributed by atoms with E-state index in [9.17, 15) is 22.4 Å². The molecule has 0 radical (unpaired) electrons. The van der Waals surface area contributed by atoms with E-state index in [1.165, 1.54) is 11.1 Å². The van der Waals surface area contributed by atoms with Crippen molar-refractivity contribution in [2.24, 2.45) is 5.92 Å². The Morgan fingerprint density at radius 1 is 1.16 bits per heavy atom. The molecule has 11 heteroatoms. The maximum Gasteiger partial charge on any atom is 0.490 e. The summed E-state index contributed by atoms with van der Waals surface area (Å²) in [6, 6.07) is 6.66. The second-order valence-electron chi connectivity index (χ2n) is 7.66. The van der Waals surface area contributed by atoms with E-state index < -0.39 is 18.2 Å². The van der Waals surface area contributed by atoms with Crippen molar-refractivity contribution >= 4 is 17.6 Å². The summed E-state index contributed by atoms with van der Waals surface area (Å²) >= 11 is 0. The van der Waals surface area contributed by atoms with Crippen LogP contribution in [-0.4, -0.2) is 66.7 Å². The molecule has 31 heavy (non-hydrogen) atoms. The standard InChI is InChI=1S/C18H23FN2O3.C2HF3O2/c19-14-4-3-5-15(11-14)20-8-6-13-10-16(24-17(13)12-20)18(22)21-7-1-2-9-23-21;3-2(4,5)1(6)7/h3-5,11,13,16-17H,1-2,6-10,12H2;(H,6,7)/t13-,16+,17+;/m0./s1. The lowest BCUT2D eigenvalue weighted by molar-refractivity contribution is -0.206. The van der Waals surface area contributed by atoms with Crippen molar-refractivity contribution in [3.63, 3.8) is 0 Å². The topological polar surface area (TPSA) is 79.3 Å². The lowest BCUT2D eigenvalue weighted by Crippen LogP contribution is -2.43. The van der Waals surface area contributed by atoms with E-state index in [2.05, 4.69) is 4.90 Å². The molecule has 4 rings (SSSR count). The molecule has 1 aromatic rings. The minimum absolute atomic E-state index is 0.0285. The largest absolute Gasteiger partial charge is 0.490 e. The molecule has 0 aliphatic carbocycles. The predicted octanol–water partition coefficient (Wildman–Crippen LogP) is 3.00. The fourth-order valence-electron chi connectivity index (χ4n) is 3.93. The molecule has 3 aliphatic rings. The lowest BCUT2D eigenvalue weighted by Gasteiger charge is -2.35. The number of anilines is 1. The zero-order valence-electron chi connectivity index (χ0n) is 16.7. The number of hydrogen-bond acceptors (Lipinski definition) is 5. The maximum absolute atomic E-state index is 13.4. The van der Waals surface area contributed by atoms with Gasteiger partial charge in [0.1, 0.15) is 11.9 Å². The van der Waals surface area contributed by atoms with E-state index in [-0.39, 0.29) is 17.8 Å². The highest BCUT2D eigenvalue weighted by molar-refractivity contribution is 5.80. The number of piperidine rings is 1. The first-order valence-electron chi connectivity index (χ1n) is 10.1. The van der Waals surface area contributed by atoms with Crippen LogP contribution in [0.3, 0.4) is 0 Å². The minimum Gasteiger partial charge on any atom is -0.475 e. The van der Waals surface area contributed by atoms with Gasteiger partial charge in [-0.1, -0.05) is 6.07 Å². The van der Waals surface area contributed by atoms with Gasteiger partial charge < -0.3 is 14.7 Å². The Kier molecular flexibility index (Phi) is 7.37. The zero-order valence-corrected chi connectivity index (χ0v) is 16.7. The van der Waals surface area contributed by atoms with Gasteiger partial charge in [-0.15, -0.1) is 0 Å². The van der Waals surface area contributed by atoms with E-state index in [1.807, 2.05) is 6.07 Å². The van der Waals surface area contributed by atoms with Gasteiger partial charge in [-0.3, -0.25) is 9.63 Å². The third-order valence-electron chi connectivity index (χ3n) is 5.49. The van der Waals surface area contributed by atoms with Crippen LogP contribution >= 0.6 is 0 Å². The Morgan fingerprint density at radius 2 is 1.90 bits per heavy atom. The molecule has 1 aromatic carbocycles. The normalized spacial score (nSPS) is 26.0. The first kappa shape index (κ1) is 23.3. The Hall–Kier alpha value is -2.40. The quantitative estimate of drug-likeness (QED) is 0.701. The molecule has 3 saturated heterocycles. The zero-order chi connectivity index (χ0) is 22.6. The number of carboxylic acids is 1. The average molecular weight is 448 g/mol. The first-order chi connectivity index (χ1) is 14.6. The number of rotatable bonds is 2. The van der Waals surface area contributed by atoms with Crippen LogP contribution in [-0.2, 0) is 19.2 Å².